The summed E-state index contributed by atoms with van der Waals surface area (Å²) in [5, 5.41) is 15.5. The van der Waals surface area contributed by atoms with E-state index in [9.17, 15) is 4.79 Å². The Bertz CT molecular complexity index is 999. The van der Waals surface area contributed by atoms with Crippen LogP contribution >= 0.6 is 23.8 Å². The van der Waals surface area contributed by atoms with Crippen LogP contribution in [0.5, 0.6) is 0 Å². The van der Waals surface area contributed by atoms with Gasteiger partial charge in [0.05, 0.1) is 5.02 Å². The Morgan fingerprint density at radius 3 is 2.54 bits per heavy atom. The van der Waals surface area contributed by atoms with Gasteiger partial charge in [-0.1, -0.05) is 30.7 Å². The third-order valence-electron chi connectivity index (χ3n) is 4.16. The van der Waals surface area contributed by atoms with E-state index in [1.165, 1.54) is 0 Å². The van der Waals surface area contributed by atoms with Crippen LogP contribution in [0.3, 0.4) is 0 Å². The minimum Gasteiger partial charge on any atom is -0.459 e. The fraction of sp³-hybridized carbons (Fsp3) is 0.143. The average Bonchev–Trinajstić information content (AvgIpc) is 3.18. The Morgan fingerprint density at radius 2 is 1.89 bits per heavy atom. The van der Waals surface area contributed by atoms with Crippen molar-refractivity contribution in [3.05, 3.63) is 76.5 Å². The highest BCUT2D eigenvalue weighted by Crippen LogP contribution is 2.32. The average molecular weight is 415 g/mol. The first-order valence-electron chi connectivity index (χ1n) is 8.71. The molecule has 1 heterocycles. The molecular formula is C21H19ClN2O3S. The molecule has 3 aromatic rings. The molecule has 0 fully saturated rings. The topological polar surface area (TPSA) is 74.5 Å². The molecule has 0 aliphatic rings. The number of aliphatic hydroxyl groups is 1. The van der Waals surface area contributed by atoms with E-state index in [1.807, 2.05) is 12.1 Å². The number of carbonyl (C=O) groups is 1. The molecule has 0 aliphatic carbocycles. The summed E-state index contributed by atoms with van der Waals surface area (Å²) in [6.45, 7) is 1.87. The molecule has 0 bridgehead atoms. The van der Waals surface area contributed by atoms with E-state index in [0.29, 0.717) is 33.4 Å². The number of thiocarbonyl (C=S) groups is 1. The van der Waals surface area contributed by atoms with Gasteiger partial charge in [0.1, 0.15) is 18.1 Å². The summed E-state index contributed by atoms with van der Waals surface area (Å²) in [5.74, 6) is 0.693. The molecule has 0 atom stereocenters. The number of benzene rings is 2. The highest BCUT2D eigenvalue weighted by atomic mass is 35.5. The van der Waals surface area contributed by atoms with Crippen LogP contribution in [0.25, 0.3) is 11.3 Å². The number of hydrogen-bond donors (Lipinski definition) is 3. The van der Waals surface area contributed by atoms with Crippen molar-refractivity contribution in [2.45, 2.75) is 20.0 Å². The molecule has 28 heavy (non-hydrogen) atoms. The zero-order valence-electron chi connectivity index (χ0n) is 15.2. The molecule has 1 aromatic heterocycles. The van der Waals surface area contributed by atoms with Crippen molar-refractivity contribution in [2.75, 3.05) is 5.32 Å². The fourth-order valence-electron chi connectivity index (χ4n) is 2.63. The van der Waals surface area contributed by atoms with Gasteiger partial charge in [0.25, 0.3) is 5.91 Å². The molecule has 2 aromatic carbocycles. The van der Waals surface area contributed by atoms with Crippen LogP contribution in [0.2, 0.25) is 5.02 Å². The Kier molecular flexibility index (Phi) is 6.46. The monoisotopic (exact) mass is 414 g/mol. The second kappa shape index (κ2) is 9.01. The number of aliphatic hydroxyl groups excluding tert-OH is 1. The van der Waals surface area contributed by atoms with Crippen LogP contribution in [0.1, 0.15) is 28.6 Å². The van der Waals surface area contributed by atoms with Crippen LogP contribution in [-0.4, -0.2) is 16.1 Å². The first-order chi connectivity index (χ1) is 13.5. The zero-order valence-corrected chi connectivity index (χ0v) is 16.7. The van der Waals surface area contributed by atoms with Crippen LogP contribution in [-0.2, 0) is 13.0 Å². The molecule has 0 aliphatic heterocycles. The molecular weight excluding hydrogens is 396 g/mol. The summed E-state index contributed by atoms with van der Waals surface area (Å²) < 4.78 is 5.54. The molecule has 0 radical (unpaired) electrons. The van der Waals surface area contributed by atoms with Gasteiger partial charge in [-0.25, -0.2) is 0 Å². The van der Waals surface area contributed by atoms with Crippen molar-refractivity contribution < 1.29 is 14.3 Å². The molecule has 5 nitrogen and oxygen atoms in total. The van der Waals surface area contributed by atoms with Gasteiger partial charge in [-0.3, -0.25) is 10.1 Å². The smallest absolute Gasteiger partial charge is 0.257 e. The van der Waals surface area contributed by atoms with E-state index in [2.05, 4.69) is 17.6 Å². The minimum absolute atomic E-state index is 0.174. The number of furan rings is 1. The summed E-state index contributed by atoms with van der Waals surface area (Å²) in [7, 11) is 0. The molecule has 0 unspecified atom stereocenters. The quantitative estimate of drug-likeness (QED) is 0.524. The lowest BCUT2D eigenvalue weighted by atomic mass is 10.1. The number of rotatable bonds is 5. The summed E-state index contributed by atoms with van der Waals surface area (Å²) in [4.78, 5) is 12.3. The number of carbonyl (C=O) groups excluding carboxylic acids is 1. The maximum Gasteiger partial charge on any atom is 0.257 e. The maximum atomic E-state index is 12.3. The van der Waals surface area contributed by atoms with Crippen LogP contribution < -0.4 is 10.6 Å². The van der Waals surface area contributed by atoms with E-state index in [1.54, 1.807) is 42.5 Å². The summed E-state index contributed by atoms with van der Waals surface area (Å²) in [6.07, 6.45) is 0.913. The van der Waals surface area contributed by atoms with E-state index < -0.39 is 0 Å². The van der Waals surface area contributed by atoms with Gasteiger partial charge in [0, 0.05) is 16.8 Å². The third kappa shape index (κ3) is 4.78. The second-order valence-corrected chi connectivity index (χ2v) is 6.89. The molecule has 0 spiro atoms. The molecule has 0 saturated carbocycles. The lowest BCUT2D eigenvalue weighted by molar-refractivity contribution is 0.0977. The first kappa shape index (κ1) is 20.1. The Balaban J connectivity index is 1.69. The number of amides is 1. The molecule has 3 rings (SSSR count). The van der Waals surface area contributed by atoms with Gasteiger partial charge in [0.15, 0.2) is 5.11 Å². The van der Waals surface area contributed by atoms with Gasteiger partial charge in [-0.15, -0.1) is 0 Å². The first-order valence-corrected chi connectivity index (χ1v) is 9.49. The lowest BCUT2D eigenvalue weighted by Gasteiger charge is -2.11. The van der Waals surface area contributed by atoms with Crippen molar-refractivity contribution in [3.63, 3.8) is 0 Å². The number of nitrogens with one attached hydrogen (secondary N) is 2. The zero-order chi connectivity index (χ0) is 20.1. The van der Waals surface area contributed by atoms with Crippen LogP contribution in [0, 0.1) is 0 Å². The summed E-state index contributed by atoms with van der Waals surface area (Å²) in [6, 6.07) is 16.0. The number of halogens is 1. The fourth-order valence-corrected chi connectivity index (χ4v) is 3.05. The summed E-state index contributed by atoms with van der Waals surface area (Å²) >= 11 is 11.5. The third-order valence-corrected chi connectivity index (χ3v) is 4.69. The molecule has 7 heteroatoms. The van der Waals surface area contributed by atoms with E-state index in [-0.39, 0.29) is 17.6 Å². The largest absolute Gasteiger partial charge is 0.459 e. The normalized spacial score (nSPS) is 10.5. The van der Waals surface area contributed by atoms with Gasteiger partial charge in [0.2, 0.25) is 0 Å². The van der Waals surface area contributed by atoms with Gasteiger partial charge in [-0.05, 0) is 66.7 Å². The maximum absolute atomic E-state index is 12.3. The van der Waals surface area contributed by atoms with Crippen molar-refractivity contribution >= 4 is 40.5 Å². The summed E-state index contributed by atoms with van der Waals surface area (Å²) in [5.41, 5.74) is 2.99. The molecule has 0 saturated heterocycles. The SMILES string of the molecule is CCc1ccc(C(=O)NC(=S)Nc2ccc(Cl)c(-c3ccc(CO)o3)c2)cc1. The standard InChI is InChI=1S/C21H19ClN2O3S/c1-2-13-3-5-14(6-4-13)20(26)24-21(28)23-15-7-9-18(22)17(11-15)19-10-8-16(12-25)27-19/h3-11,25H,2,12H2,1H3,(H2,23,24,26,28). The van der Waals surface area contributed by atoms with Crippen molar-refractivity contribution in [1.29, 1.82) is 0 Å². The molecule has 1 amide bonds. The van der Waals surface area contributed by atoms with Crippen molar-refractivity contribution in [2.24, 2.45) is 0 Å². The van der Waals surface area contributed by atoms with Crippen LogP contribution in [0.15, 0.2) is 59.0 Å². The highest BCUT2D eigenvalue weighted by Gasteiger charge is 2.12. The molecule has 144 valence electrons. The number of aryl methyl sites for hydroxylation is 1. The minimum atomic E-state index is -0.284. The Morgan fingerprint density at radius 1 is 1.14 bits per heavy atom. The Hall–Kier alpha value is -2.67. The van der Waals surface area contributed by atoms with Crippen molar-refractivity contribution in [1.82, 2.24) is 5.32 Å². The predicted molar refractivity (Wildman–Crippen MR) is 115 cm³/mol. The van der Waals surface area contributed by atoms with E-state index >= 15 is 0 Å². The van der Waals surface area contributed by atoms with Crippen LogP contribution in [0.4, 0.5) is 5.69 Å². The Labute approximate surface area is 173 Å². The van der Waals surface area contributed by atoms with Crippen molar-refractivity contribution in [3.8, 4) is 11.3 Å². The highest BCUT2D eigenvalue weighted by molar-refractivity contribution is 7.80. The number of hydrogen-bond acceptors (Lipinski definition) is 4. The van der Waals surface area contributed by atoms with Gasteiger partial charge in [-0.2, -0.15) is 0 Å². The lowest BCUT2D eigenvalue weighted by Crippen LogP contribution is -2.34. The van der Waals surface area contributed by atoms with E-state index in [0.717, 1.165) is 12.0 Å². The number of anilines is 1. The molecule has 3 N–H and O–H groups in total. The van der Waals surface area contributed by atoms with Gasteiger partial charge >= 0.3 is 0 Å². The van der Waals surface area contributed by atoms with Gasteiger partial charge < -0.3 is 14.8 Å². The predicted octanol–water partition coefficient (Wildman–Crippen LogP) is 4.78. The van der Waals surface area contributed by atoms with E-state index in [4.69, 9.17) is 33.3 Å². The second-order valence-electron chi connectivity index (χ2n) is 6.08.